The Kier molecular flexibility index (Phi) is 5.37. The van der Waals surface area contributed by atoms with E-state index in [9.17, 15) is 9.90 Å². The Morgan fingerprint density at radius 2 is 2.28 bits per heavy atom. The number of nitrogens with zero attached hydrogens (tertiary/aromatic N) is 1. The van der Waals surface area contributed by atoms with E-state index < -0.39 is 6.10 Å². The van der Waals surface area contributed by atoms with Crippen molar-refractivity contribution in [3.63, 3.8) is 0 Å². The number of aliphatic hydroxyl groups excluding tert-OH is 1. The van der Waals surface area contributed by atoms with Crippen molar-refractivity contribution < 1.29 is 9.90 Å². The third-order valence-electron chi connectivity index (χ3n) is 2.33. The van der Waals surface area contributed by atoms with Gasteiger partial charge in [-0.2, -0.15) is 0 Å². The summed E-state index contributed by atoms with van der Waals surface area (Å²) in [7, 11) is 1.66. The Bertz CT molecular complexity index is 472. The summed E-state index contributed by atoms with van der Waals surface area (Å²) < 4.78 is 0. The average molecular weight is 246 g/mol. The summed E-state index contributed by atoms with van der Waals surface area (Å²) in [6.07, 6.45) is -0.542. The fourth-order valence-electron chi connectivity index (χ4n) is 1.58. The summed E-state index contributed by atoms with van der Waals surface area (Å²) in [6.45, 7) is 2.24. The van der Waals surface area contributed by atoms with E-state index in [4.69, 9.17) is 5.73 Å². The molecule has 1 unspecified atom stereocenters. The molecular formula is C14H18N2O2. The van der Waals surface area contributed by atoms with Gasteiger partial charge in [0.05, 0.1) is 12.6 Å². The minimum absolute atomic E-state index is 0.132. The van der Waals surface area contributed by atoms with E-state index in [1.165, 1.54) is 4.90 Å². The van der Waals surface area contributed by atoms with Gasteiger partial charge in [-0.3, -0.25) is 4.79 Å². The minimum atomic E-state index is -0.542. The van der Waals surface area contributed by atoms with Crippen molar-refractivity contribution in [1.29, 1.82) is 0 Å². The van der Waals surface area contributed by atoms with Crippen LogP contribution < -0.4 is 5.73 Å². The van der Waals surface area contributed by atoms with Crippen molar-refractivity contribution in [2.45, 2.75) is 13.0 Å². The first-order valence-electron chi connectivity index (χ1n) is 5.77. The maximum absolute atomic E-state index is 12.0. The van der Waals surface area contributed by atoms with E-state index in [-0.39, 0.29) is 5.91 Å². The van der Waals surface area contributed by atoms with E-state index in [2.05, 4.69) is 11.8 Å². The largest absolute Gasteiger partial charge is 0.392 e. The van der Waals surface area contributed by atoms with E-state index in [1.54, 1.807) is 32.2 Å². The predicted molar refractivity (Wildman–Crippen MR) is 71.0 cm³/mol. The zero-order valence-corrected chi connectivity index (χ0v) is 10.7. The van der Waals surface area contributed by atoms with E-state index in [1.807, 2.05) is 6.07 Å². The van der Waals surface area contributed by atoms with Crippen LogP contribution in [0.2, 0.25) is 0 Å². The van der Waals surface area contributed by atoms with Gasteiger partial charge in [0.15, 0.2) is 0 Å². The van der Waals surface area contributed by atoms with Gasteiger partial charge in [0, 0.05) is 24.7 Å². The Hall–Kier alpha value is -1.83. The van der Waals surface area contributed by atoms with Gasteiger partial charge in [-0.25, -0.2) is 0 Å². The molecule has 4 nitrogen and oxygen atoms in total. The molecule has 0 fully saturated rings. The minimum Gasteiger partial charge on any atom is -0.392 e. The maximum atomic E-state index is 12.0. The van der Waals surface area contributed by atoms with Crippen molar-refractivity contribution in [2.75, 3.05) is 20.1 Å². The van der Waals surface area contributed by atoms with Crippen molar-refractivity contribution in [1.82, 2.24) is 4.90 Å². The molecule has 18 heavy (non-hydrogen) atoms. The van der Waals surface area contributed by atoms with Gasteiger partial charge in [0.2, 0.25) is 0 Å². The van der Waals surface area contributed by atoms with Gasteiger partial charge in [-0.05, 0) is 25.1 Å². The van der Waals surface area contributed by atoms with Crippen LogP contribution in [0.5, 0.6) is 0 Å². The van der Waals surface area contributed by atoms with Gasteiger partial charge < -0.3 is 15.7 Å². The normalized spacial score (nSPS) is 11.3. The molecule has 1 amide bonds. The smallest absolute Gasteiger partial charge is 0.253 e. The number of carbonyl (C=O) groups excluding carboxylic acids is 1. The van der Waals surface area contributed by atoms with Gasteiger partial charge in [0.1, 0.15) is 0 Å². The maximum Gasteiger partial charge on any atom is 0.253 e. The second-order valence-corrected chi connectivity index (χ2v) is 4.12. The van der Waals surface area contributed by atoms with Crippen LogP contribution in [0.3, 0.4) is 0 Å². The molecule has 0 aliphatic heterocycles. The molecule has 0 radical (unpaired) electrons. The lowest BCUT2D eigenvalue weighted by atomic mass is 10.1. The van der Waals surface area contributed by atoms with Crippen molar-refractivity contribution in [3.05, 3.63) is 35.4 Å². The molecule has 0 bridgehead atoms. The molecular weight excluding hydrogens is 228 g/mol. The molecule has 96 valence electrons. The highest BCUT2D eigenvalue weighted by molar-refractivity contribution is 5.94. The Morgan fingerprint density at radius 3 is 2.89 bits per heavy atom. The third kappa shape index (κ3) is 4.21. The molecule has 0 saturated heterocycles. The Labute approximate surface area is 107 Å². The van der Waals surface area contributed by atoms with Crippen LogP contribution in [0.25, 0.3) is 0 Å². The van der Waals surface area contributed by atoms with Crippen LogP contribution in [-0.4, -0.2) is 42.2 Å². The van der Waals surface area contributed by atoms with E-state index >= 15 is 0 Å². The fourth-order valence-corrected chi connectivity index (χ4v) is 1.58. The highest BCUT2D eigenvalue weighted by Gasteiger charge is 2.13. The van der Waals surface area contributed by atoms with Gasteiger partial charge in [-0.1, -0.05) is 17.9 Å². The molecule has 1 rings (SSSR count). The molecule has 1 aromatic carbocycles. The van der Waals surface area contributed by atoms with Crippen LogP contribution in [0.15, 0.2) is 24.3 Å². The summed E-state index contributed by atoms with van der Waals surface area (Å²) in [4.78, 5) is 13.5. The summed E-state index contributed by atoms with van der Waals surface area (Å²) in [5, 5.41) is 9.26. The number of carbonyl (C=O) groups is 1. The Morgan fingerprint density at radius 1 is 1.56 bits per heavy atom. The SMILES string of the molecule is CC(O)CN(C)C(=O)c1cccc(C#CCN)c1. The van der Waals surface area contributed by atoms with Crippen LogP contribution in [0, 0.1) is 11.8 Å². The van der Waals surface area contributed by atoms with Crippen molar-refractivity contribution >= 4 is 5.91 Å². The summed E-state index contributed by atoms with van der Waals surface area (Å²) >= 11 is 0. The first-order valence-corrected chi connectivity index (χ1v) is 5.77. The number of hydrogen-bond acceptors (Lipinski definition) is 3. The first-order chi connectivity index (χ1) is 8.54. The molecule has 0 heterocycles. The lowest BCUT2D eigenvalue weighted by Gasteiger charge is -2.18. The number of hydrogen-bond donors (Lipinski definition) is 2. The number of nitrogens with two attached hydrogens (primary N) is 1. The summed E-state index contributed by atoms with van der Waals surface area (Å²) in [6, 6.07) is 7.07. The highest BCUT2D eigenvalue weighted by Crippen LogP contribution is 2.07. The number of benzene rings is 1. The molecule has 4 heteroatoms. The van der Waals surface area contributed by atoms with Crippen LogP contribution in [-0.2, 0) is 0 Å². The van der Waals surface area contributed by atoms with Crippen LogP contribution in [0.1, 0.15) is 22.8 Å². The third-order valence-corrected chi connectivity index (χ3v) is 2.33. The van der Waals surface area contributed by atoms with Gasteiger partial charge >= 0.3 is 0 Å². The predicted octanol–water partition coefficient (Wildman–Crippen LogP) is 0.450. The molecule has 0 saturated carbocycles. The van der Waals surface area contributed by atoms with Crippen molar-refractivity contribution in [2.24, 2.45) is 5.73 Å². The number of rotatable bonds is 3. The fraction of sp³-hybridized carbons (Fsp3) is 0.357. The molecule has 0 aliphatic rings. The molecule has 1 atom stereocenters. The number of aliphatic hydroxyl groups is 1. The van der Waals surface area contributed by atoms with E-state index in [0.29, 0.717) is 18.7 Å². The van der Waals surface area contributed by atoms with Crippen LogP contribution in [0.4, 0.5) is 0 Å². The lowest BCUT2D eigenvalue weighted by molar-refractivity contribution is 0.0703. The lowest BCUT2D eigenvalue weighted by Crippen LogP contribution is -2.33. The number of amides is 1. The Balaban J connectivity index is 2.86. The highest BCUT2D eigenvalue weighted by atomic mass is 16.3. The van der Waals surface area contributed by atoms with Gasteiger partial charge in [-0.15, -0.1) is 0 Å². The standard InChI is InChI=1S/C14H18N2O2/c1-11(17)10-16(2)14(18)13-7-3-5-12(9-13)6-4-8-15/h3,5,7,9,11,17H,8,10,15H2,1-2H3. The molecule has 3 N–H and O–H groups in total. The molecule has 0 aromatic heterocycles. The second kappa shape index (κ2) is 6.80. The number of likely N-dealkylation sites (N-methyl/N-ethyl adjacent to an activating group) is 1. The summed E-state index contributed by atoms with van der Waals surface area (Å²) in [5.41, 5.74) is 6.62. The summed E-state index contributed by atoms with van der Waals surface area (Å²) in [5.74, 6) is 5.50. The zero-order chi connectivity index (χ0) is 13.5. The van der Waals surface area contributed by atoms with Gasteiger partial charge in [0.25, 0.3) is 5.91 Å². The topological polar surface area (TPSA) is 66.6 Å². The molecule has 0 spiro atoms. The zero-order valence-electron chi connectivity index (χ0n) is 10.7. The second-order valence-electron chi connectivity index (χ2n) is 4.12. The average Bonchev–Trinajstić information content (AvgIpc) is 2.35. The van der Waals surface area contributed by atoms with Crippen LogP contribution >= 0.6 is 0 Å². The monoisotopic (exact) mass is 246 g/mol. The van der Waals surface area contributed by atoms with E-state index in [0.717, 1.165) is 5.56 Å². The quantitative estimate of drug-likeness (QED) is 0.761. The molecule has 1 aromatic rings. The first kappa shape index (κ1) is 14.2. The van der Waals surface area contributed by atoms with Crippen molar-refractivity contribution in [3.8, 4) is 11.8 Å². The molecule has 0 aliphatic carbocycles.